The molecule has 0 aromatic heterocycles. The molecule has 0 saturated heterocycles. The molecule has 1 nitrogen and oxygen atoms in total. The maximum atomic E-state index is 9.89. The first-order valence-corrected chi connectivity index (χ1v) is 17.9. The Morgan fingerprint density at radius 2 is 0.804 bits per heavy atom. The molecule has 0 amide bonds. The standard InChI is InChI=1S/C55H39N/c1-6-18-40(19-7-1)43-30-34-48(35-31-43)56(49-36-32-44(33-37-49)41-20-8-2-9-21-41)53-39-45(42-22-10-3-11-23-42)38-52-54(53)50-28-16-17-29-51(50)55(52,46-24-12-4-13-25-46)47-26-14-5-15-27-47/h1-39H/i1D,2D,6D,7D,8D,9D,18D,19D,20D,21D,30D,31D,32D,33D,34D,35D,36D,37D. The number of hydrogen-bond donors (Lipinski definition) is 0. The fourth-order valence-corrected chi connectivity index (χ4v) is 7.71. The van der Waals surface area contributed by atoms with E-state index in [9.17, 15) is 11.0 Å². The molecule has 1 aliphatic rings. The molecule has 0 aliphatic heterocycles. The summed E-state index contributed by atoms with van der Waals surface area (Å²) in [7, 11) is 0. The van der Waals surface area contributed by atoms with Gasteiger partial charge in [0, 0.05) is 16.9 Å². The van der Waals surface area contributed by atoms with Crippen LogP contribution in [0.4, 0.5) is 17.1 Å². The van der Waals surface area contributed by atoms with E-state index >= 15 is 0 Å². The van der Waals surface area contributed by atoms with Gasteiger partial charge in [-0.25, -0.2) is 0 Å². The SMILES string of the molecule is [2H]c1c([2H])c([2H])c(-c2c([2H])c([2H])c(N(c3cc(-c4ccccc4)cc4c3-c3ccccc3C4(c3ccccc3)c3ccccc3)c3c([2H])c([2H])c(-c4c([2H])c([2H])c([2H])c([2H])c4[2H])c([2H])c3[2H])c([2H])c2[2H])c([2H])c1[2H]. The van der Waals surface area contributed by atoms with E-state index in [2.05, 4.69) is 0 Å². The van der Waals surface area contributed by atoms with E-state index in [-0.39, 0.29) is 5.69 Å². The van der Waals surface area contributed by atoms with Crippen molar-refractivity contribution in [2.45, 2.75) is 5.41 Å². The molecule has 0 atom stereocenters. The minimum atomic E-state index is -1.13. The summed E-state index contributed by atoms with van der Waals surface area (Å²) in [6, 6.07) is 25.4. The summed E-state index contributed by atoms with van der Waals surface area (Å²) < 4.78 is 163. The molecule has 9 aromatic rings. The van der Waals surface area contributed by atoms with Crippen molar-refractivity contribution in [1.82, 2.24) is 0 Å². The zero-order chi connectivity index (χ0) is 53.0. The summed E-state index contributed by atoms with van der Waals surface area (Å²) in [6.45, 7) is 0. The van der Waals surface area contributed by atoms with Crippen molar-refractivity contribution in [2.24, 2.45) is 0 Å². The zero-order valence-electron chi connectivity index (χ0n) is 47.6. The highest BCUT2D eigenvalue weighted by molar-refractivity contribution is 5.99. The molecule has 10 rings (SSSR count). The minimum Gasteiger partial charge on any atom is -0.310 e. The Morgan fingerprint density at radius 1 is 0.357 bits per heavy atom. The summed E-state index contributed by atoms with van der Waals surface area (Å²) in [5.41, 5.74) is 0.648. The smallest absolute Gasteiger partial charge is 0.0714 e. The van der Waals surface area contributed by atoms with Gasteiger partial charge in [-0.15, -0.1) is 0 Å². The largest absolute Gasteiger partial charge is 0.310 e. The molecular formula is C55H39N. The molecule has 1 heteroatoms. The fourth-order valence-electron chi connectivity index (χ4n) is 7.71. The van der Waals surface area contributed by atoms with Gasteiger partial charge < -0.3 is 4.90 Å². The first-order chi connectivity index (χ1) is 35.3. The number of rotatable bonds is 8. The maximum Gasteiger partial charge on any atom is 0.0714 e. The van der Waals surface area contributed by atoms with Crippen LogP contribution in [0.3, 0.4) is 0 Å². The molecule has 56 heavy (non-hydrogen) atoms. The highest BCUT2D eigenvalue weighted by atomic mass is 15.1. The van der Waals surface area contributed by atoms with Crippen LogP contribution in [0.1, 0.15) is 46.9 Å². The van der Waals surface area contributed by atoms with Gasteiger partial charge in [-0.3, -0.25) is 0 Å². The normalized spacial score (nSPS) is 16.9. The first kappa shape index (κ1) is 19.4. The van der Waals surface area contributed by atoms with Gasteiger partial charge in [0.05, 0.1) is 35.8 Å². The molecule has 0 fully saturated rings. The molecule has 264 valence electrons. The fraction of sp³-hybridized carbons (Fsp3) is 0.0182. The van der Waals surface area contributed by atoms with Crippen molar-refractivity contribution in [3.8, 4) is 44.5 Å². The van der Waals surface area contributed by atoms with Crippen molar-refractivity contribution in [2.75, 3.05) is 4.90 Å². The molecule has 1 aliphatic carbocycles. The Hall–Kier alpha value is -7.22. The van der Waals surface area contributed by atoms with Crippen LogP contribution in [0.25, 0.3) is 44.5 Å². The number of benzene rings is 9. The second kappa shape index (κ2) is 14.2. The van der Waals surface area contributed by atoms with Crippen molar-refractivity contribution < 1.29 is 24.7 Å². The van der Waals surface area contributed by atoms with Gasteiger partial charge in [0.2, 0.25) is 0 Å². The van der Waals surface area contributed by atoms with Crippen molar-refractivity contribution in [3.05, 3.63) is 258 Å². The average Bonchev–Trinajstić information content (AvgIpc) is 3.73. The molecule has 9 aromatic carbocycles. The zero-order valence-corrected chi connectivity index (χ0v) is 29.6. The lowest BCUT2D eigenvalue weighted by Crippen LogP contribution is -2.28. The molecule has 0 unspecified atom stereocenters. The highest BCUT2D eigenvalue weighted by Crippen LogP contribution is 2.60. The lowest BCUT2D eigenvalue weighted by atomic mass is 9.67. The van der Waals surface area contributed by atoms with Crippen LogP contribution in [-0.2, 0) is 5.41 Å². The van der Waals surface area contributed by atoms with Gasteiger partial charge in [-0.1, -0.05) is 200 Å². The number of anilines is 3. The van der Waals surface area contributed by atoms with Crippen molar-refractivity contribution in [1.29, 1.82) is 0 Å². The topological polar surface area (TPSA) is 3.24 Å². The van der Waals surface area contributed by atoms with Gasteiger partial charge in [0.25, 0.3) is 0 Å². The third-order valence-corrected chi connectivity index (χ3v) is 10.1. The lowest BCUT2D eigenvalue weighted by Gasteiger charge is -2.35. The monoisotopic (exact) mass is 731 g/mol. The highest BCUT2D eigenvalue weighted by Gasteiger charge is 2.47. The van der Waals surface area contributed by atoms with E-state index in [1.54, 1.807) is 6.07 Å². The Balaban J connectivity index is 1.43. The predicted molar refractivity (Wildman–Crippen MR) is 235 cm³/mol. The van der Waals surface area contributed by atoms with E-state index in [0.717, 1.165) is 21.6 Å². The second-order valence-corrected chi connectivity index (χ2v) is 13.1. The van der Waals surface area contributed by atoms with Gasteiger partial charge in [-0.05, 0) is 97.5 Å². The van der Waals surface area contributed by atoms with Crippen LogP contribution in [0.15, 0.2) is 236 Å². The molecular weight excluding hydrogens is 675 g/mol. The summed E-state index contributed by atoms with van der Waals surface area (Å²) in [6.07, 6.45) is 0. The Bertz CT molecular complexity index is 3540. The average molecular weight is 732 g/mol. The van der Waals surface area contributed by atoms with E-state index in [4.69, 9.17) is 13.7 Å². The van der Waals surface area contributed by atoms with Crippen LogP contribution in [0.5, 0.6) is 0 Å². The summed E-state index contributed by atoms with van der Waals surface area (Å²) >= 11 is 0. The molecule has 0 saturated carbocycles. The van der Waals surface area contributed by atoms with E-state index in [0.29, 0.717) is 27.8 Å². The van der Waals surface area contributed by atoms with Crippen LogP contribution >= 0.6 is 0 Å². The Kier molecular flexibility index (Phi) is 4.92. The Labute approximate surface area is 354 Å². The Morgan fingerprint density at radius 3 is 1.32 bits per heavy atom. The molecule has 0 heterocycles. The van der Waals surface area contributed by atoms with E-state index in [1.165, 1.54) is 0 Å². The van der Waals surface area contributed by atoms with Gasteiger partial charge >= 0.3 is 0 Å². The minimum absolute atomic E-state index is 0.0651. The molecule has 0 spiro atoms. The number of nitrogens with zero attached hydrogens (tertiary/aromatic N) is 1. The quantitative estimate of drug-likeness (QED) is 0.150. The second-order valence-electron chi connectivity index (χ2n) is 13.1. The third kappa shape index (κ3) is 5.65. The molecule has 0 bridgehead atoms. The first-order valence-electron chi connectivity index (χ1n) is 26.9. The van der Waals surface area contributed by atoms with Gasteiger partial charge in [0.15, 0.2) is 0 Å². The molecule has 0 radical (unpaired) electrons. The van der Waals surface area contributed by atoms with Gasteiger partial charge in [0.1, 0.15) is 0 Å². The van der Waals surface area contributed by atoms with Gasteiger partial charge in [-0.2, -0.15) is 0 Å². The van der Waals surface area contributed by atoms with Crippen LogP contribution in [0, 0.1) is 0 Å². The number of hydrogen-bond acceptors (Lipinski definition) is 1. The van der Waals surface area contributed by atoms with E-state index in [1.807, 2.05) is 121 Å². The summed E-state index contributed by atoms with van der Waals surface area (Å²) in [5, 5.41) is 0. The molecule has 0 N–H and O–H groups in total. The number of fused-ring (bicyclic) bond motifs is 3. The van der Waals surface area contributed by atoms with Crippen LogP contribution in [-0.4, -0.2) is 0 Å². The van der Waals surface area contributed by atoms with Crippen LogP contribution < -0.4 is 4.90 Å². The van der Waals surface area contributed by atoms with Crippen molar-refractivity contribution in [3.63, 3.8) is 0 Å². The maximum absolute atomic E-state index is 9.89. The van der Waals surface area contributed by atoms with Crippen LogP contribution in [0.2, 0.25) is 0 Å². The summed E-state index contributed by atoms with van der Waals surface area (Å²) in [5.74, 6) is 0. The van der Waals surface area contributed by atoms with Crippen molar-refractivity contribution >= 4 is 17.1 Å². The third-order valence-electron chi connectivity index (χ3n) is 10.1. The lowest BCUT2D eigenvalue weighted by molar-refractivity contribution is 0.769. The predicted octanol–water partition coefficient (Wildman–Crippen LogP) is 14.5. The van der Waals surface area contributed by atoms with E-state index < -0.39 is 148 Å². The summed E-state index contributed by atoms with van der Waals surface area (Å²) in [4.78, 5) is 1.13.